The molecular weight excluding hydrogens is 326 g/mol. The fourth-order valence-electron chi connectivity index (χ4n) is 3.98. The zero-order valence-electron chi connectivity index (χ0n) is 15.3. The second kappa shape index (κ2) is 6.44. The van der Waals surface area contributed by atoms with E-state index in [9.17, 15) is 4.79 Å². The number of aromatic nitrogens is 4. The Labute approximate surface area is 152 Å². The van der Waals surface area contributed by atoms with Crippen molar-refractivity contribution in [1.29, 1.82) is 0 Å². The Morgan fingerprint density at radius 3 is 2.81 bits per heavy atom. The lowest BCUT2D eigenvalue weighted by Crippen LogP contribution is -2.31. The van der Waals surface area contributed by atoms with Gasteiger partial charge in [0.05, 0.1) is 17.3 Å². The van der Waals surface area contributed by atoms with E-state index < -0.39 is 0 Å². The quantitative estimate of drug-likeness (QED) is 0.762. The van der Waals surface area contributed by atoms with Crippen LogP contribution in [-0.4, -0.2) is 25.9 Å². The van der Waals surface area contributed by atoms with Crippen LogP contribution >= 0.6 is 0 Å². The Kier molecular flexibility index (Phi) is 4.11. The number of fused-ring (bicyclic) bond motifs is 1. The zero-order chi connectivity index (χ0) is 18.3. The summed E-state index contributed by atoms with van der Waals surface area (Å²) >= 11 is 0. The van der Waals surface area contributed by atoms with Gasteiger partial charge in [-0.25, -0.2) is 0 Å². The number of amides is 1. The summed E-state index contributed by atoms with van der Waals surface area (Å²) in [6.45, 7) is 3.90. The van der Waals surface area contributed by atoms with Crippen molar-refractivity contribution in [1.82, 2.24) is 25.3 Å². The highest BCUT2D eigenvalue weighted by Crippen LogP contribution is 2.33. The van der Waals surface area contributed by atoms with E-state index in [1.165, 1.54) is 11.3 Å². The molecule has 0 fully saturated rings. The van der Waals surface area contributed by atoms with E-state index >= 15 is 0 Å². The van der Waals surface area contributed by atoms with E-state index in [-0.39, 0.29) is 11.9 Å². The van der Waals surface area contributed by atoms with Gasteiger partial charge in [-0.2, -0.15) is 10.2 Å². The highest BCUT2D eigenvalue weighted by molar-refractivity contribution is 6.01. The standard InChI is InChI=1S/C20H23N5O/c1-12-18(19(23-22-12)14-8-5-4-6-9-14)20(26)21-15-10-7-11-16-17(15)13(2)24-25(16)3/h4-6,8-9,15H,7,10-11H2,1-3H3,(H,21,26)(H,22,23). The highest BCUT2D eigenvalue weighted by Gasteiger charge is 2.29. The second-order valence-corrected chi connectivity index (χ2v) is 6.93. The number of carbonyl (C=O) groups is 1. The summed E-state index contributed by atoms with van der Waals surface area (Å²) in [6, 6.07) is 9.79. The van der Waals surface area contributed by atoms with Gasteiger partial charge < -0.3 is 5.32 Å². The minimum Gasteiger partial charge on any atom is -0.345 e. The van der Waals surface area contributed by atoms with Gasteiger partial charge in [0.25, 0.3) is 5.91 Å². The van der Waals surface area contributed by atoms with Crippen molar-refractivity contribution < 1.29 is 4.79 Å². The highest BCUT2D eigenvalue weighted by atomic mass is 16.1. The molecule has 2 heterocycles. The van der Waals surface area contributed by atoms with Crippen LogP contribution < -0.4 is 5.32 Å². The SMILES string of the molecule is Cc1nn(C)c2c1C(NC(=O)c1c(-c3ccccc3)n[nH]c1C)CCC2. The third-order valence-corrected chi connectivity index (χ3v) is 5.17. The maximum atomic E-state index is 13.1. The van der Waals surface area contributed by atoms with E-state index in [0.29, 0.717) is 11.3 Å². The molecule has 1 atom stereocenters. The number of hydrogen-bond acceptors (Lipinski definition) is 3. The molecule has 0 spiro atoms. The van der Waals surface area contributed by atoms with Crippen LogP contribution in [0.3, 0.4) is 0 Å². The van der Waals surface area contributed by atoms with Gasteiger partial charge in [0.1, 0.15) is 5.69 Å². The third-order valence-electron chi connectivity index (χ3n) is 5.17. The van der Waals surface area contributed by atoms with Crippen molar-refractivity contribution in [2.24, 2.45) is 7.05 Å². The molecule has 2 N–H and O–H groups in total. The number of hydrogen-bond donors (Lipinski definition) is 2. The van der Waals surface area contributed by atoms with Gasteiger partial charge in [-0.3, -0.25) is 14.6 Å². The molecule has 0 saturated carbocycles. The molecule has 0 bridgehead atoms. The number of H-pyrrole nitrogens is 1. The van der Waals surface area contributed by atoms with E-state index in [1.807, 2.05) is 55.9 Å². The average Bonchev–Trinajstić information content (AvgIpc) is 3.16. The molecule has 1 unspecified atom stereocenters. The molecule has 1 aliphatic rings. The monoisotopic (exact) mass is 349 g/mol. The van der Waals surface area contributed by atoms with Gasteiger partial charge in [-0.05, 0) is 33.1 Å². The summed E-state index contributed by atoms with van der Waals surface area (Å²) in [6.07, 6.45) is 2.99. The largest absolute Gasteiger partial charge is 0.345 e. The molecule has 1 aromatic carbocycles. The molecule has 2 aromatic heterocycles. The number of nitrogens with one attached hydrogen (secondary N) is 2. The van der Waals surface area contributed by atoms with Crippen molar-refractivity contribution in [3.05, 3.63) is 58.5 Å². The van der Waals surface area contributed by atoms with Gasteiger partial charge in [0.2, 0.25) is 0 Å². The first-order valence-corrected chi connectivity index (χ1v) is 9.00. The van der Waals surface area contributed by atoms with Gasteiger partial charge in [0.15, 0.2) is 0 Å². The second-order valence-electron chi connectivity index (χ2n) is 6.93. The summed E-state index contributed by atoms with van der Waals surface area (Å²) in [4.78, 5) is 13.1. The van der Waals surface area contributed by atoms with Crippen LogP contribution in [0.4, 0.5) is 0 Å². The molecule has 134 valence electrons. The summed E-state index contributed by atoms with van der Waals surface area (Å²) in [5.74, 6) is -0.0868. The van der Waals surface area contributed by atoms with Crippen LogP contribution in [0, 0.1) is 13.8 Å². The topological polar surface area (TPSA) is 75.6 Å². The first-order valence-electron chi connectivity index (χ1n) is 9.00. The van der Waals surface area contributed by atoms with Crippen molar-refractivity contribution in [2.75, 3.05) is 0 Å². The lowest BCUT2D eigenvalue weighted by molar-refractivity contribution is 0.0932. The normalized spacial score (nSPS) is 16.3. The summed E-state index contributed by atoms with van der Waals surface area (Å²) in [5, 5.41) is 15.1. The fraction of sp³-hybridized carbons (Fsp3) is 0.350. The lowest BCUT2D eigenvalue weighted by atomic mass is 9.90. The van der Waals surface area contributed by atoms with E-state index in [2.05, 4.69) is 20.6 Å². The molecular formula is C20H23N5O. The Morgan fingerprint density at radius 1 is 1.27 bits per heavy atom. The molecule has 4 rings (SSSR count). The maximum absolute atomic E-state index is 13.1. The van der Waals surface area contributed by atoms with Crippen LogP contribution in [0.15, 0.2) is 30.3 Å². The molecule has 0 saturated heterocycles. The smallest absolute Gasteiger partial charge is 0.255 e. The van der Waals surface area contributed by atoms with Crippen LogP contribution in [0.2, 0.25) is 0 Å². The lowest BCUT2D eigenvalue weighted by Gasteiger charge is -2.24. The Hall–Kier alpha value is -2.89. The molecule has 0 radical (unpaired) electrons. The van der Waals surface area contributed by atoms with Gasteiger partial charge in [-0.1, -0.05) is 30.3 Å². The molecule has 6 heteroatoms. The number of nitrogens with zero attached hydrogens (tertiary/aromatic N) is 3. The number of aromatic amines is 1. The summed E-state index contributed by atoms with van der Waals surface area (Å²) in [7, 11) is 1.98. The van der Waals surface area contributed by atoms with Gasteiger partial charge >= 0.3 is 0 Å². The van der Waals surface area contributed by atoms with Crippen LogP contribution in [0.25, 0.3) is 11.3 Å². The van der Waals surface area contributed by atoms with Gasteiger partial charge in [-0.15, -0.1) is 0 Å². The minimum absolute atomic E-state index is 0.00197. The van der Waals surface area contributed by atoms with Crippen LogP contribution in [0.1, 0.15) is 51.9 Å². The Morgan fingerprint density at radius 2 is 2.04 bits per heavy atom. The van der Waals surface area contributed by atoms with E-state index in [4.69, 9.17) is 0 Å². The van der Waals surface area contributed by atoms with E-state index in [1.54, 1.807) is 0 Å². The Bertz CT molecular complexity index is 954. The third kappa shape index (κ3) is 2.71. The number of aryl methyl sites for hydroxylation is 3. The van der Waals surface area contributed by atoms with Crippen molar-refractivity contribution in [2.45, 2.75) is 39.2 Å². The van der Waals surface area contributed by atoms with Crippen molar-refractivity contribution >= 4 is 5.91 Å². The number of rotatable bonds is 3. The van der Waals surface area contributed by atoms with E-state index in [0.717, 1.165) is 36.2 Å². The molecule has 0 aliphatic heterocycles. The van der Waals surface area contributed by atoms with Crippen LogP contribution in [-0.2, 0) is 13.5 Å². The van der Waals surface area contributed by atoms with Crippen molar-refractivity contribution in [3.8, 4) is 11.3 Å². The minimum atomic E-state index is -0.0868. The van der Waals surface area contributed by atoms with Crippen molar-refractivity contribution in [3.63, 3.8) is 0 Å². The predicted molar refractivity (Wildman–Crippen MR) is 99.9 cm³/mol. The summed E-state index contributed by atoms with van der Waals surface area (Å²) < 4.78 is 1.95. The molecule has 1 amide bonds. The fourth-order valence-corrected chi connectivity index (χ4v) is 3.98. The summed E-state index contributed by atoms with van der Waals surface area (Å²) in [5.41, 5.74) is 6.43. The predicted octanol–water partition coefficient (Wildman–Crippen LogP) is 3.23. The first kappa shape index (κ1) is 16.6. The van der Waals surface area contributed by atoms with Crippen LogP contribution in [0.5, 0.6) is 0 Å². The maximum Gasteiger partial charge on any atom is 0.255 e. The zero-order valence-corrected chi connectivity index (χ0v) is 15.3. The number of carbonyl (C=O) groups excluding carboxylic acids is 1. The first-order chi connectivity index (χ1) is 12.6. The van der Waals surface area contributed by atoms with Gasteiger partial charge in [0, 0.05) is 29.6 Å². The molecule has 1 aliphatic carbocycles. The molecule has 3 aromatic rings. The average molecular weight is 349 g/mol. The Balaban J connectivity index is 1.66. The molecule has 26 heavy (non-hydrogen) atoms. The number of benzene rings is 1. The molecule has 6 nitrogen and oxygen atoms in total.